The van der Waals surface area contributed by atoms with E-state index in [9.17, 15) is 5.26 Å². The largest absolute Gasteiger partial charge is 0.372 e. The number of rotatable bonds is 6. The fourth-order valence-electron chi connectivity index (χ4n) is 3.48. The maximum absolute atomic E-state index is 9.59. The van der Waals surface area contributed by atoms with Crippen molar-refractivity contribution in [2.45, 2.75) is 39.2 Å². The van der Waals surface area contributed by atoms with Crippen LogP contribution in [0.15, 0.2) is 12.3 Å². The summed E-state index contributed by atoms with van der Waals surface area (Å²) in [6, 6.07) is 4.30. The van der Waals surface area contributed by atoms with E-state index in [1.807, 2.05) is 31.6 Å². The standard InChI is InChI=1S/C18H24N6O/c1-4-13-14(10-19)18(23-22-15(13)5-2)20-11-12-7-9-25-17(12)16-6-8-21-24(16)3/h6,8,12,17H,4-5,7,9,11H2,1-3H3,(H,20,23)/t12-,17+/m0/s1. The van der Waals surface area contributed by atoms with Crippen LogP contribution in [0.25, 0.3) is 0 Å². The van der Waals surface area contributed by atoms with Gasteiger partial charge < -0.3 is 10.1 Å². The maximum Gasteiger partial charge on any atom is 0.166 e. The summed E-state index contributed by atoms with van der Waals surface area (Å²) in [6.45, 7) is 5.50. The minimum Gasteiger partial charge on any atom is -0.372 e. The number of ether oxygens (including phenoxy) is 1. The average Bonchev–Trinajstić information content (AvgIpc) is 3.26. The van der Waals surface area contributed by atoms with Crippen molar-refractivity contribution in [3.63, 3.8) is 0 Å². The lowest BCUT2D eigenvalue weighted by Crippen LogP contribution is -2.21. The van der Waals surface area contributed by atoms with Crippen molar-refractivity contribution in [2.75, 3.05) is 18.5 Å². The predicted molar refractivity (Wildman–Crippen MR) is 94.0 cm³/mol. The Hall–Kier alpha value is -2.46. The number of nitrogens with one attached hydrogen (secondary N) is 1. The summed E-state index contributed by atoms with van der Waals surface area (Å²) in [4.78, 5) is 0. The van der Waals surface area contributed by atoms with Crippen LogP contribution in [0.4, 0.5) is 5.82 Å². The topological polar surface area (TPSA) is 88.7 Å². The van der Waals surface area contributed by atoms with Gasteiger partial charge >= 0.3 is 0 Å². The molecular weight excluding hydrogens is 316 g/mol. The molecule has 7 heteroatoms. The van der Waals surface area contributed by atoms with Gasteiger partial charge in [-0.2, -0.15) is 15.5 Å². The van der Waals surface area contributed by atoms with Gasteiger partial charge in [-0.15, -0.1) is 5.10 Å². The third kappa shape index (κ3) is 3.35. The molecule has 7 nitrogen and oxygen atoms in total. The SMILES string of the molecule is CCc1nnc(NC[C@@H]2CCO[C@H]2c2ccnn2C)c(C#N)c1CC. The van der Waals surface area contributed by atoms with Crippen LogP contribution >= 0.6 is 0 Å². The van der Waals surface area contributed by atoms with Crippen LogP contribution in [0.1, 0.15) is 48.9 Å². The molecule has 2 aromatic rings. The molecule has 3 rings (SSSR count). The predicted octanol–water partition coefficient (Wildman–Crippen LogP) is 2.40. The summed E-state index contributed by atoms with van der Waals surface area (Å²) in [7, 11) is 1.93. The first kappa shape index (κ1) is 17.4. The maximum atomic E-state index is 9.59. The van der Waals surface area contributed by atoms with Crippen LogP contribution in [0.3, 0.4) is 0 Å². The third-order valence-corrected chi connectivity index (χ3v) is 4.85. The Morgan fingerprint density at radius 2 is 2.20 bits per heavy atom. The van der Waals surface area contributed by atoms with Gasteiger partial charge in [0.1, 0.15) is 17.7 Å². The normalized spacial score (nSPS) is 19.8. The second-order valence-corrected chi connectivity index (χ2v) is 6.27. The van der Waals surface area contributed by atoms with Gasteiger partial charge in [0.05, 0.1) is 11.4 Å². The van der Waals surface area contributed by atoms with Gasteiger partial charge in [0.2, 0.25) is 0 Å². The highest BCUT2D eigenvalue weighted by atomic mass is 16.5. The molecule has 0 saturated carbocycles. The summed E-state index contributed by atoms with van der Waals surface area (Å²) in [6.07, 6.45) is 4.33. The van der Waals surface area contributed by atoms with E-state index in [4.69, 9.17) is 4.74 Å². The number of hydrogen-bond donors (Lipinski definition) is 1. The number of nitrogens with zero attached hydrogens (tertiary/aromatic N) is 5. The molecule has 2 aromatic heterocycles. The molecular formula is C18H24N6O. The van der Waals surface area contributed by atoms with Crippen LogP contribution in [-0.4, -0.2) is 33.1 Å². The van der Waals surface area contributed by atoms with E-state index in [-0.39, 0.29) is 6.10 Å². The van der Waals surface area contributed by atoms with Gasteiger partial charge in [-0.05, 0) is 30.9 Å². The molecule has 0 radical (unpaired) electrons. The number of aromatic nitrogens is 4. The van der Waals surface area contributed by atoms with Gasteiger partial charge in [-0.1, -0.05) is 13.8 Å². The quantitative estimate of drug-likeness (QED) is 0.868. The number of hydrogen-bond acceptors (Lipinski definition) is 6. The Morgan fingerprint density at radius 3 is 2.84 bits per heavy atom. The zero-order valence-corrected chi connectivity index (χ0v) is 15.0. The van der Waals surface area contributed by atoms with Gasteiger partial charge in [-0.3, -0.25) is 4.68 Å². The molecule has 0 aliphatic carbocycles. The van der Waals surface area contributed by atoms with Crippen molar-refractivity contribution >= 4 is 5.82 Å². The van der Waals surface area contributed by atoms with Gasteiger partial charge in [0, 0.05) is 32.3 Å². The van der Waals surface area contributed by atoms with E-state index in [1.165, 1.54) is 0 Å². The molecule has 2 atom stereocenters. The molecule has 1 saturated heterocycles. The lowest BCUT2D eigenvalue weighted by molar-refractivity contribution is 0.0866. The molecule has 1 aliphatic rings. The van der Waals surface area contributed by atoms with Crippen molar-refractivity contribution < 1.29 is 4.74 Å². The lowest BCUT2D eigenvalue weighted by atomic mass is 9.98. The van der Waals surface area contributed by atoms with Crippen molar-refractivity contribution in [1.29, 1.82) is 5.26 Å². The van der Waals surface area contributed by atoms with Crippen LogP contribution in [-0.2, 0) is 24.6 Å². The zero-order valence-electron chi connectivity index (χ0n) is 15.0. The van der Waals surface area contributed by atoms with E-state index in [1.54, 1.807) is 6.20 Å². The summed E-state index contributed by atoms with van der Waals surface area (Å²) < 4.78 is 7.77. The minimum absolute atomic E-state index is 0.0130. The Morgan fingerprint density at radius 1 is 1.36 bits per heavy atom. The van der Waals surface area contributed by atoms with Crippen molar-refractivity contribution in [3.8, 4) is 6.07 Å². The van der Waals surface area contributed by atoms with Gasteiger partial charge in [-0.25, -0.2) is 0 Å². The van der Waals surface area contributed by atoms with Crippen LogP contribution in [0.2, 0.25) is 0 Å². The van der Waals surface area contributed by atoms with Crippen molar-refractivity contribution in [2.24, 2.45) is 13.0 Å². The second-order valence-electron chi connectivity index (χ2n) is 6.27. The van der Waals surface area contributed by atoms with E-state index in [0.717, 1.165) is 42.8 Å². The first-order valence-electron chi connectivity index (χ1n) is 8.81. The number of anilines is 1. The first-order chi connectivity index (χ1) is 12.2. The molecule has 0 bridgehead atoms. The molecule has 0 aromatic carbocycles. The molecule has 25 heavy (non-hydrogen) atoms. The lowest BCUT2D eigenvalue weighted by Gasteiger charge is -2.20. The van der Waals surface area contributed by atoms with Crippen molar-refractivity contribution in [1.82, 2.24) is 20.0 Å². The highest BCUT2D eigenvalue weighted by Crippen LogP contribution is 2.34. The monoisotopic (exact) mass is 340 g/mol. The molecule has 0 unspecified atom stereocenters. The molecule has 1 fully saturated rings. The molecule has 0 spiro atoms. The van der Waals surface area contributed by atoms with Crippen LogP contribution in [0, 0.1) is 17.2 Å². The summed E-state index contributed by atoms with van der Waals surface area (Å²) in [5.74, 6) is 0.881. The summed E-state index contributed by atoms with van der Waals surface area (Å²) in [5.41, 5.74) is 3.59. The Labute approximate surface area is 148 Å². The first-order valence-corrected chi connectivity index (χ1v) is 8.81. The fraction of sp³-hybridized carbons (Fsp3) is 0.556. The molecule has 0 amide bonds. The molecule has 1 N–H and O–H groups in total. The van der Waals surface area contributed by atoms with Crippen molar-refractivity contribution in [3.05, 3.63) is 34.8 Å². The van der Waals surface area contributed by atoms with Crippen LogP contribution < -0.4 is 5.32 Å². The van der Waals surface area contributed by atoms with E-state index < -0.39 is 0 Å². The molecule has 132 valence electrons. The van der Waals surface area contributed by atoms with E-state index in [0.29, 0.717) is 23.8 Å². The average molecular weight is 340 g/mol. The number of aryl methyl sites for hydroxylation is 2. The Balaban J connectivity index is 1.77. The van der Waals surface area contributed by atoms with E-state index in [2.05, 4.69) is 26.7 Å². The molecule has 1 aliphatic heterocycles. The molecule has 3 heterocycles. The van der Waals surface area contributed by atoms with Crippen LogP contribution in [0.5, 0.6) is 0 Å². The smallest absolute Gasteiger partial charge is 0.166 e. The van der Waals surface area contributed by atoms with E-state index >= 15 is 0 Å². The third-order valence-electron chi connectivity index (χ3n) is 4.85. The highest BCUT2D eigenvalue weighted by Gasteiger charge is 2.31. The highest BCUT2D eigenvalue weighted by molar-refractivity contribution is 5.56. The fourth-order valence-corrected chi connectivity index (χ4v) is 3.48. The summed E-state index contributed by atoms with van der Waals surface area (Å²) >= 11 is 0. The Bertz CT molecular complexity index is 778. The summed E-state index contributed by atoms with van der Waals surface area (Å²) in [5, 5.41) is 25.7. The number of nitriles is 1. The second kappa shape index (κ2) is 7.62. The zero-order chi connectivity index (χ0) is 17.8. The van der Waals surface area contributed by atoms with Gasteiger partial charge in [0.25, 0.3) is 0 Å². The Kier molecular flexibility index (Phi) is 5.29. The minimum atomic E-state index is 0.0130. The van der Waals surface area contributed by atoms with Gasteiger partial charge in [0.15, 0.2) is 5.82 Å².